The zero-order valence-corrected chi connectivity index (χ0v) is 19.7. The summed E-state index contributed by atoms with van der Waals surface area (Å²) in [4.78, 5) is 37.5. The first-order chi connectivity index (χ1) is 15.9. The van der Waals surface area contributed by atoms with Gasteiger partial charge in [-0.25, -0.2) is 9.78 Å². The molecular weight excluding hydrogens is 440 g/mol. The minimum Gasteiger partial charge on any atom is -0.449 e. The van der Waals surface area contributed by atoms with E-state index in [2.05, 4.69) is 29.0 Å². The molecule has 33 heavy (non-hydrogen) atoms. The highest BCUT2D eigenvalue weighted by Crippen LogP contribution is 2.30. The number of hydrogen-bond donors (Lipinski definition) is 1. The van der Waals surface area contributed by atoms with Gasteiger partial charge in [0, 0.05) is 48.4 Å². The van der Waals surface area contributed by atoms with Crippen molar-refractivity contribution in [3.63, 3.8) is 0 Å². The van der Waals surface area contributed by atoms with Crippen LogP contribution in [0.2, 0.25) is 5.02 Å². The highest BCUT2D eigenvalue weighted by Gasteiger charge is 2.30. The molecule has 1 N–H and O–H groups in total. The lowest BCUT2D eigenvalue weighted by molar-refractivity contribution is -0.124. The first-order valence-electron chi connectivity index (χ1n) is 11.1. The van der Waals surface area contributed by atoms with Gasteiger partial charge in [0.1, 0.15) is 5.82 Å². The Kier molecular flexibility index (Phi) is 6.91. The molecule has 1 atom stereocenters. The summed E-state index contributed by atoms with van der Waals surface area (Å²) in [6, 6.07) is 11.1. The lowest BCUT2D eigenvalue weighted by Crippen LogP contribution is -2.38. The summed E-state index contributed by atoms with van der Waals surface area (Å²) >= 11 is 5.86. The Balaban J connectivity index is 1.64. The third kappa shape index (κ3) is 4.99. The molecule has 0 radical (unpaired) electrons. The van der Waals surface area contributed by atoms with Crippen LogP contribution in [0.5, 0.6) is 0 Å². The van der Waals surface area contributed by atoms with Gasteiger partial charge < -0.3 is 10.1 Å². The Bertz CT molecular complexity index is 1180. The van der Waals surface area contributed by atoms with E-state index in [4.69, 9.17) is 21.3 Å². The molecule has 0 spiro atoms. The van der Waals surface area contributed by atoms with Gasteiger partial charge in [0.2, 0.25) is 0 Å². The highest BCUT2D eigenvalue weighted by atomic mass is 35.5. The van der Waals surface area contributed by atoms with E-state index in [1.54, 1.807) is 19.1 Å². The Morgan fingerprint density at radius 3 is 2.70 bits per heavy atom. The molecule has 2 aromatic heterocycles. The Morgan fingerprint density at radius 1 is 1.21 bits per heavy atom. The molecule has 0 saturated carbocycles. The van der Waals surface area contributed by atoms with Crippen LogP contribution in [0.3, 0.4) is 0 Å². The molecule has 0 saturated heterocycles. The lowest BCUT2D eigenvalue weighted by atomic mass is 9.95. The number of ether oxygens (including phenoxy) is 1. The van der Waals surface area contributed by atoms with Crippen molar-refractivity contribution in [2.75, 3.05) is 11.9 Å². The summed E-state index contributed by atoms with van der Waals surface area (Å²) in [6.07, 6.45) is 1.58. The normalized spacial score (nSPS) is 14.7. The van der Waals surface area contributed by atoms with Crippen molar-refractivity contribution in [1.29, 1.82) is 0 Å². The molecule has 3 heterocycles. The standard InChI is InChI=1S/C25H27ClN4O3/c1-4-21(24(31)29-22-10-9-16(26)13-27-22)33-25(32)23-17-7-5-6-8-19(17)28-20-11-12-30(15(2)3)14-18(20)23/h5-10,13,15,21H,4,11-12,14H2,1-3H3,(H,27,29,31). The number of pyridine rings is 2. The molecule has 0 fully saturated rings. The molecule has 1 aliphatic rings. The van der Waals surface area contributed by atoms with Crippen molar-refractivity contribution in [1.82, 2.24) is 14.9 Å². The summed E-state index contributed by atoms with van der Waals surface area (Å²) in [5.74, 6) is -0.601. The smallest absolute Gasteiger partial charge is 0.340 e. The van der Waals surface area contributed by atoms with Crippen LogP contribution >= 0.6 is 11.6 Å². The third-order valence-electron chi connectivity index (χ3n) is 5.90. The lowest BCUT2D eigenvalue weighted by Gasteiger charge is -2.32. The van der Waals surface area contributed by atoms with Crippen LogP contribution < -0.4 is 5.32 Å². The van der Waals surface area contributed by atoms with E-state index in [9.17, 15) is 9.59 Å². The molecule has 7 nitrogen and oxygen atoms in total. The van der Waals surface area contributed by atoms with E-state index < -0.39 is 18.0 Å². The topological polar surface area (TPSA) is 84.4 Å². The van der Waals surface area contributed by atoms with Crippen LogP contribution in [0, 0.1) is 0 Å². The average molecular weight is 467 g/mol. The summed E-state index contributed by atoms with van der Waals surface area (Å²) in [5, 5.41) is 3.90. The number of amides is 1. The summed E-state index contributed by atoms with van der Waals surface area (Å²) < 4.78 is 5.76. The van der Waals surface area contributed by atoms with Gasteiger partial charge in [-0.2, -0.15) is 0 Å². The van der Waals surface area contributed by atoms with E-state index in [-0.39, 0.29) is 0 Å². The van der Waals surface area contributed by atoms with Gasteiger partial charge in [-0.15, -0.1) is 0 Å². The molecule has 4 rings (SSSR count). The molecule has 0 aliphatic carbocycles. The minimum absolute atomic E-state index is 0.328. The quantitative estimate of drug-likeness (QED) is 0.533. The van der Waals surface area contributed by atoms with Gasteiger partial charge in [0.15, 0.2) is 6.10 Å². The minimum atomic E-state index is -0.956. The number of benzene rings is 1. The Labute approximate surface area is 198 Å². The maximum atomic E-state index is 13.5. The van der Waals surface area contributed by atoms with Crippen molar-refractivity contribution >= 4 is 40.2 Å². The Hall–Kier alpha value is -3.03. The van der Waals surface area contributed by atoms with Crippen LogP contribution in [0.1, 0.15) is 48.8 Å². The number of rotatable bonds is 6. The second-order valence-corrected chi connectivity index (χ2v) is 8.83. The summed E-state index contributed by atoms with van der Waals surface area (Å²) in [5.41, 5.74) is 3.05. The number of nitrogens with one attached hydrogen (secondary N) is 1. The second kappa shape index (κ2) is 9.85. The molecular formula is C25H27ClN4O3. The fourth-order valence-corrected chi connectivity index (χ4v) is 4.16. The number of carbonyl (C=O) groups excluding carboxylic acids is 2. The van der Waals surface area contributed by atoms with Crippen molar-refractivity contribution < 1.29 is 14.3 Å². The first-order valence-corrected chi connectivity index (χ1v) is 11.5. The molecule has 1 aliphatic heterocycles. The second-order valence-electron chi connectivity index (χ2n) is 8.40. The van der Waals surface area contributed by atoms with Crippen LogP contribution in [-0.2, 0) is 22.5 Å². The van der Waals surface area contributed by atoms with Gasteiger partial charge >= 0.3 is 5.97 Å². The van der Waals surface area contributed by atoms with E-state index in [1.807, 2.05) is 24.3 Å². The molecule has 0 bridgehead atoms. The molecule has 1 unspecified atom stereocenters. The Morgan fingerprint density at radius 2 is 2.00 bits per heavy atom. The van der Waals surface area contributed by atoms with Crippen molar-refractivity contribution in [3.05, 3.63) is 64.4 Å². The SMILES string of the molecule is CCC(OC(=O)c1c2c(nc3ccccc13)CCN(C(C)C)C2)C(=O)Nc1ccc(Cl)cn1. The first kappa shape index (κ1) is 23.1. The number of anilines is 1. The number of hydrogen-bond acceptors (Lipinski definition) is 6. The average Bonchev–Trinajstić information content (AvgIpc) is 2.81. The maximum Gasteiger partial charge on any atom is 0.340 e. The highest BCUT2D eigenvalue weighted by molar-refractivity contribution is 6.30. The van der Waals surface area contributed by atoms with Gasteiger partial charge in [-0.05, 0) is 38.5 Å². The van der Waals surface area contributed by atoms with Crippen molar-refractivity contribution in [2.24, 2.45) is 0 Å². The summed E-state index contributed by atoms with van der Waals surface area (Å²) in [7, 11) is 0. The monoisotopic (exact) mass is 466 g/mol. The number of nitrogens with zero attached hydrogens (tertiary/aromatic N) is 3. The molecule has 1 amide bonds. The van der Waals surface area contributed by atoms with Crippen LogP contribution in [0.15, 0.2) is 42.6 Å². The van der Waals surface area contributed by atoms with Gasteiger partial charge in [0.05, 0.1) is 16.1 Å². The van der Waals surface area contributed by atoms with Crippen molar-refractivity contribution in [3.8, 4) is 0 Å². The number of para-hydroxylation sites is 1. The van der Waals surface area contributed by atoms with Crippen LogP contribution in [0.4, 0.5) is 5.82 Å². The predicted octanol–water partition coefficient (Wildman–Crippen LogP) is 4.62. The summed E-state index contributed by atoms with van der Waals surface area (Å²) in [6.45, 7) is 7.58. The fourth-order valence-electron chi connectivity index (χ4n) is 4.05. The zero-order chi connectivity index (χ0) is 23.5. The third-order valence-corrected chi connectivity index (χ3v) is 6.13. The van der Waals surface area contributed by atoms with E-state index >= 15 is 0 Å². The maximum absolute atomic E-state index is 13.5. The van der Waals surface area contributed by atoms with Gasteiger partial charge in [0.25, 0.3) is 5.91 Å². The van der Waals surface area contributed by atoms with Crippen LogP contribution in [-0.4, -0.2) is 45.4 Å². The van der Waals surface area contributed by atoms with E-state index in [0.717, 1.165) is 35.1 Å². The molecule has 172 valence electrons. The zero-order valence-electron chi connectivity index (χ0n) is 19.0. The van der Waals surface area contributed by atoms with E-state index in [1.165, 1.54) is 6.20 Å². The van der Waals surface area contributed by atoms with Gasteiger partial charge in [-0.3, -0.25) is 14.7 Å². The molecule has 8 heteroatoms. The number of halogens is 1. The van der Waals surface area contributed by atoms with Crippen molar-refractivity contribution in [2.45, 2.75) is 52.3 Å². The largest absolute Gasteiger partial charge is 0.449 e. The number of aromatic nitrogens is 2. The molecule has 1 aromatic carbocycles. The fraction of sp³-hybridized carbons (Fsp3) is 0.360. The number of esters is 1. The molecule has 3 aromatic rings. The van der Waals surface area contributed by atoms with E-state index in [0.29, 0.717) is 35.4 Å². The predicted molar refractivity (Wildman–Crippen MR) is 128 cm³/mol. The van der Waals surface area contributed by atoms with Gasteiger partial charge in [-0.1, -0.05) is 36.7 Å². The number of fused-ring (bicyclic) bond motifs is 2. The van der Waals surface area contributed by atoms with Crippen LogP contribution in [0.25, 0.3) is 10.9 Å². The number of carbonyl (C=O) groups is 2.